The first-order valence-electron chi connectivity index (χ1n) is 12.0. The van der Waals surface area contributed by atoms with Crippen molar-refractivity contribution >= 4 is 15.9 Å². The summed E-state index contributed by atoms with van der Waals surface area (Å²) < 4.78 is 50.1. The molecule has 9 nitrogen and oxygen atoms in total. The summed E-state index contributed by atoms with van der Waals surface area (Å²) in [6, 6.07) is 15.3. The number of hydrogen-bond donors (Lipinski definition) is 0. The number of carbonyl (C=O) groups is 1. The predicted molar refractivity (Wildman–Crippen MR) is 137 cm³/mol. The number of methoxy groups -OCH3 is 1. The maximum atomic E-state index is 13.7. The second-order valence-corrected chi connectivity index (χ2v) is 11.3. The lowest BCUT2D eigenvalue weighted by Crippen LogP contribution is -2.43. The van der Waals surface area contributed by atoms with Crippen LogP contribution in [-0.4, -0.2) is 50.5 Å². The van der Waals surface area contributed by atoms with Gasteiger partial charge in [0.2, 0.25) is 22.7 Å². The minimum Gasteiger partial charge on any atom is -0.497 e. The molecule has 0 aliphatic carbocycles. The van der Waals surface area contributed by atoms with Crippen LogP contribution in [0.1, 0.15) is 30.9 Å². The van der Waals surface area contributed by atoms with E-state index in [4.69, 9.17) is 18.6 Å². The molecule has 4 rings (SSSR count). The standard InChI is InChI=1S/C27H32N2O7S/c1-19(2)14-29(37(31,32)24-10-8-22(33-4)9-11-24)17-27(30)28(16-23-7-5-20(3)36-23)15-21-6-12-25-26(13-21)35-18-34-25/h5-13,19H,14-18H2,1-4H3. The van der Waals surface area contributed by atoms with E-state index in [0.29, 0.717) is 23.0 Å². The van der Waals surface area contributed by atoms with Gasteiger partial charge in [-0.05, 0) is 66.9 Å². The summed E-state index contributed by atoms with van der Waals surface area (Å²) in [6.45, 7) is 6.13. The Kier molecular flexibility index (Phi) is 8.09. The number of carbonyl (C=O) groups excluding carboxylic acids is 1. The normalized spacial score (nSPS) is 12.8. The van der Waals surface area contributed by atoms with Gasteiger partial charge in [-0.2, -0.15) is 4.31 Å². The molecule has 3 aromatic rings. The Morgan fingerprint density at radius 1 is 1.00 bits per heavy atom. The van der Waals surface area contributed by atoms with Crippen molar-refractivity contribution in [3.05, 3.63) is 71.7 Å². The summed E-state index contributed by atoms with van der Waals surface area (Å²) in [4.78, 5) is 15.4. The Labute approximate surface area is 217 Å². The van der Waals surface area contributed by atoms with Crippen molar-refractivity contribution in [2.45, 2.75) is 38.8 Å². The molecule has 0 unspecified atom stereocenters. The summed E-state index contributed by atoms with van der Waals surface area (Å²) in [5.74, 6) is 2.82. The van der Waals surface area contributed by atoms with Crippen molar-refractivity contribution < 1.29 is 31.8 Å². The summed E-state index contributed by atoms with van der Waals surface area (Å²) in [6.07, 6.45) is 0. The van der Waals surface area contributed by atoms with E-state index in [1.54, 1.807) is 23.1 Å². The first kappa shape index (κ1) is 26.6. The molecule has 37 heavy (non-hydrogen) atoms. The highest BCUT2D eigenvalue weighted by atomic mass is 32.2. The summed E-state index contributed by atoms with van der Waals surface area (Å²) in [5, 5.41) is 0. The van der Waals surface area contributed by atoms with Crippen molar-refractivity contribution in [3.63, 3.8) is 0 Å². The Bertz CT molecular complexity index is 1330. The molecule has 1 aliphatic heterocycles. The van der Waals surface area contributed by atoms with E-state index in [-0.39, 0.29) is 49.7 Å². The lowest BCUT2D eigenvalue weighted by Gasteiger charge is -2.28. The van der Waals surface area contributed by atoms with Gasteiger partial charge in [0.15, 0.2) is 11.5 Å². The van der Waals surface area contributed by atoms with Gasteiger partial charge in [-0.1, -0.05) is 19.9 Å². The lowest BCUT2D eigenvalue weighted by atomic mass is 10.2. The maximum absolute atomic E-state index is 13.7. The van der Waals surface area contributed by atoms with Crippen molar-refractivity contribution in [2.75, 3.05) is 27.0 Å². The molecule has 0 spiro atoms. The van der Waals surface area contributed by atoms with Gasteiger partial charge in [0.1, 0.15) is 17.3 Å². The monoisotopic (exact) mass is 528 g/mol. The Hall–Kier alpha value is -3.50. The number of furan rings is 1. The van der Waals surface area contributed by atoms with E-state index < -0.39 is 10.0 Å². The fourth-order valence-electron chi connectivity index (χ4n) is 4.05. The molecule has 0 N–H and O–H groups in total. The molecule has 0 fully saturated rings. The minimum atomic E-state index is -3.93. The Morgan fingerprint density at radius 2 is 1.73 bits per heavy atom. The molecule has 2 aromatic carbocycles. The minimum absolute atomic E-state index is 0.0101. The fourth-order valence-corrected chi connectivity index (χ4v) is 5.61. The van der Waals surface area contributed by atoms with Crippen molar-refractivity contribution in [3.8, 4) is 17.2 Å². The van der Waals surface area contributed by atoms with Gasteiger partial charge in [-0.25, -0.2) is 8.42 Å². The van der Waals surface area contributed by atoms with E-state index in [9.17, 15) is 13.2 Å². The summed E-state index contributed by atoms with van der Waals surface area (Å²) in [7, 11) is -2.41. The SMILES string of the molecule is COc1ccc(S(=O)(=O)N(CC(=O)N(Cc2ccc3c(c2)OCO3)Cc2ccc(C)o2)CC(C)C)cc1. The zero-order valence-electron chi connectivity index (χ0n) is 21.5. The lowest BCUT2D eigenvalue weighted by molar-refractivity contribution is -0.133. The van der Waals surface area contributed by atoms with Crippen molar-refractivity contribution in [1.29, 1.82) is 0 Å². The molecule has 0 bridgehead atoms. The van der Waals surface area contributed by atoms with Gasteiger partial charge >= 0.3 is 0 Å². The molecule has 1 aliphatic rings. The molecule has 0 atom stereocenters. The van der Waals surface area contributed by atoms with Crippen molar-refractivity contribution in [2.24, 2.45) is 5.92 Å². The number of hydrogen-bond acceptors (Lipinski definition) is 7. The van der Waals surface area contributed by atoms with Crippen LogP contribution in [0.15, 0.2) is 63.9 Å². The molecule has 1 aromatic heterocycles. The maximum Gasteiger partial charge on any atom is 0.243 e. The van der Waals surface area contributed by atoms with Crippen LogP contribution in [0.4, 0.5) is 0 Å². The third-order valence-corrected chi connectivity index (χ3v) is 7.71. The largest absolute Gasteiger partial charge is 0.497 e. The number of sulfonamides is 1. The fraction of sp³-hybridized carbons (Fsp3) is 0.370. The number of nitrogens with zero attached hydrogens (tertiary/aromatic N) is 2. The van der Waals surface area contributed by atoms with Gasteiger partial charge in [0.05, 0.1) is 25.1 Å². The zero-order valence-corrected chi connectivity index (χ0v) is 22.3. The third-order valence-electron chi connectivity index (χ3n) is 5.88. The predicted octanol–water partition coefficient (Wildman–Crippen LogP) is 4.20. The highest BCUT2D eigenvalue weighted by Gasteiger charge is 2.30. The second-order valence-electron chi connectivity index (χ2n) is 9.32. The van der Waals surface area contributed by atoms with Crippen LogP contribution < -0.4 is 14.2 Å². The number of amides is 1. The topological polar surface area (TPSA) is 98.5 Å². The Morgan fingerprint density at radius 3 is 2.38 bits per heavy atom. The summed E-state index contributed by atoms with van der Waals surface area (Å²) in [5.41, 5.74) is 0.828. The number of ether oxygens (including phenoxy) is 3. The molecule has 2 heterocycles. The molecular weight excluding hydrogens is 496 g/mol. The highest BCUT2D eigenvalue weighted by Crippen LogP contribution is 2.33. The molecule has 0 saturated carbocycles. The molecule has 10 heteroatoms. The van der Waals surface area contributed by atoms with Gasteiger partial charge in [-0.15, -0.1) is 0 Å². The second kappa shape index (κ2) is 11.3. The molecule has 198 valence electrons. The zero-order chi connectivity index (χ0) is 26.6. The van der Waals surface area contributed by atoms with E-state index in [2.05, 4.69) is 0 Å². The van der Waals surface area contributed by atoms with E-state index in [1.807, 2.05) is 45.0 Å². The van der Waals surface area contributed by atoms with Crippen LogP contribution in [0.3, 0.4) is 0 Å². The van der Waals surface area contributed by atoms with Crippen molar-refractivity contribution in [1.82, 2.24) is 9.21 Å². The van der Waals surface area contributed by atoms with Crippen LogP contribution in [0.2, 0.25) is 0 Å². The number of aryl methyl sites for hydroxylation is 1. The van der Waals surface area contributed by atoms with Crippen LogP contribution >= 0.6 is 0 Å². The van der Waals surface area contributed by atoms with Crippen LogP contribution in [0.25, 0.3) is 0 Å². The van der Waals surface area contributed by atoms with E-state index in [0.717, 1.165) is 11.3 Å². The average Bonchev–Trinajstić information content (AvgIpc) is 3.51. The number of rotatable bonds is 11. The molecule has 1 amide bonds. The highest BCUT2D eigenvalue weighted by molar-refractivity contribution is 7.89. The number of fused-ring (bicyclic) bond motifs is 1. The van der Waals surface area contributed by atoms with Crippen LogP contribution in [0.5, 0.6) is 17.2 Å². The molecule has 0 radical (unpaired) electrons. The van der Waals surface area contributed by atoms with Gasteiger partial charge in [0.25, 0.3) is 0 Å². The molecular formula is C27H32N2O7S. The first-order valence-corrected chi connectivity index (χ1v) is 13.5. The quantitative estimate of drug-likeness (QED) is 0.368. The third kappa shape index (κ3) is 6.44. The average molecular weight is 529 g/mol. The smallest absolute Gasteiger partial charge is 0.243 e. The van der Waals surface area contributed by atoms with E-state index >= 15 is 0 Å². The summed E-state index contributed by atoms with van der Waals surface area (Å²) >= 11 is 0. The van der Waals surface area contributed by atoms with Crippen LogP contribution in [0, 0.1) is 12.8 Å². The Balaban J connectivity index is 1.60. The number of benzene rings is 2. The van der Waals surface area contributed by atoms with Gasteiger partial charge < -0.3 is 23.5 Å². The van der Waals surface area contributed by atoms with Gasteiger partial charge in [-0.3, -0.25) is 4.79 Å². The van der Waals surface area contributed by atoms with Crippen LogP contribution in [-0.2, 0) is 27.9 Å². The van der Waals surface area contributed by atoms with E-state index in [1.165, 1.54) is 23.5 Å². The first-order chi connectivity index (χ1) is 17.7. The van der Waals surface area contributed by atoms with Gasteiger partial charge in [0, 0.05) is 13.1 Å². The molecule has 0 saturated heterocycles.